The van der Waals surface area contributed by atoms with Crippen LogP contribution in [0.15, 0.2) is 12.2 Å². The number of hydrogen-bond donors (Lipinski definition) is 3. The van der Waals surface area contributed by atoms with Crippen LogP contribution in [0.1, 0.15) is 71.1 Å². The van der Waals surface area contributed by atoms with Crippen molar-refractivity contribution >= 4 is 21.7 Å². The molecule has 1 rings (SSSR count). The molecule has 1 aliphatic heterocycles. The second-order valence-corrected chi connectivity index (χ2v) is 9.72. The number of allylic oxidation sites excluding steroid dienone is 2. The molecule has 3 N–H and O–H groups in total. The molecule has 0 spiro atoms. The van der Waals surface area contributed by atoms with Crippen LogP contribution in [0.4, 0.5) is 0 Å². The first kappa shape index (κ1) is 27.7. The summed E-state index contributed by atoms with van der Waals surface area (Å²) in [6.45, 7) is 3.38. The van der Waals surface area contributed by atoms with Crippen LogP contribution in [0.2, 0.25) is 0 Å². The van der Waals surface area contributed by atoms with Crippen LogP contribution >= 0.6 is 0 Å². The predicted molar refractivity (Wildman–Crippen MR) is 122 cm³/mol. The van der Waals surface area contributed by atoms with E-state index >= 15 is 0 Å². The lowest BCUT2D eigenvalue weighted by atomic mass is 10.1. The van der Waals surface area contributed by atoms with E-state index in [4.69, 9.17) is 4.55 Å². The zero-order chi connectivity index (χ0) is 23.1. The largest absolute Gasteiger partial charge is 0.392 e. The third kappa shape index (κ3) is 12.4. The Hall–Kier alpha value is -1.29. The SMILES string of the molecule is CCCCCC/C=C/CCCCCC(=O)C1=[N+](CC(O)CS(=O)(=O)O)CCN1CCO. The molecule has 1 heterocycles. The molecule has 0 fully saturated rings. The molecule has 180 valence electrons. The van der Waals surface area contributed by atoms with Crippen molar-refractivity contribution in [1.82, 2.24) is 4.90 Å². The fourth-order valence-electron chi connectivity index (χ4n) is 3.83. The lowest BCUT2D eigenvalue weighted by molar-refractivity contribution is -0.525. The van der Waals surface area contributed by atoms with Gasteiger partial charge in [-0.25, -0.2) is 0 Å². The highest BCUT2D eigenvalue weighted by atomic mass is 32.2. The number of β-amino-alcohol motifs (C(OH)–C–C–N with tert-alkyl or cyclic N) is 2. The summed E-state index contributed by atoms with van der Waals surface area (Å²) in [5.41, 5.74) is 0. The summed E-state index contributed by atoms with van der Waals surface area (Å²) >= 11 is 0. The Morgan fingerprint density at radius 2 is 1.77 bits per heavy atom. The van der Waals surface area contributed by atoms with Crippen molar-refractivity contribution in [1.29, 1.82) is 0 Å². The van der Waals surface area contributed by atoms with Gasteiger partial charge in [0.2, 0.25) is 5.78 Å². The summed E-state index contributed by atoms with van der Waals surface area (Å²) in [5.74, 6) is -0.399. The molecule has 0 radical (unpaired) electrons. The van der Waals surface area contributed by atoms with Gasteiger partial charge >= 0.3 is 5.84 Å². The number of Topliss-reactive ketones (excluding diaryl/α,β-unsaturated/α-hetero) is 1. The van der Waals surface area contributed by atoms with Crippen LogP contribution in [0, 0.1) is 0 Å². The van der Waals surface area contributed by atoms with Crippen molar-refractivity contribution < 1.29 is 32.6 Å². The van der Waals surface area contributed by atoms with Crippen molar-refractivity contribution in [2.75, 3.05) is 38.5 Å². The number of rotatable bonds is 18. The van der Waals surface area contributed by atoms with E-state index in [-0.39, 0.29) is 18.9 Å². The van der Waals surface area contributed by atoms with Crippen molar-refractivity contribution in [3.8, 4) is 0 Å². The highest BCUT2D eigenvalue weighted by Gasteiger charge is 2.36. The molecule has 0 saturated heterocycles. The number of aliphatic hydroxyl groups is 2. The Kier molecular flexibility index (Phi) is 13.9. The topological polar surface area (TPSA) is 118 Å². The molecule has 0 bridgehead atoms. The molecule has 0 aromatic heterocycles. The fourth-order valence-corrected chi connectivity index (χ4v) is 4.42. The van der Waals surface area contributed by atoms with Crippen LogP contribution in [0.25, 0.3) is 0 Å². The zero-order valence-electron chi connectivity index (χ0n) is 18.9. The van der Waals surface area contributed by atoms with Gasteiger partial charge in [0.25, 0.3) is 10.1 Å². The first-order valence-corrected chi connectivity index (χ1v) is 13.2. The minimum absolute atomic E-state index is 0.0498. The molecule has 0 aromatic carbocycles. The molecule has 0 amide bonds. The van der Waals surface area contributed by atoms with Crippen LogP contribution in [-0.2, 0) is 14.9 Å². The number of aliphatic hydroxyl groups excluding tert-OH is 2. The molecule has 31 heavy (non-hydrogen) atoms. The molecule has 1 aliphatic rings. The van der Waals surface area contributed by atoms with E-state index in [1.807, 2.05) is 0 Å². The van der Waals surface area contributed by atoms with Crippen LogP contribution in [0.5, 0.6) is 0 Å². The number of hydrogen-bond acceptors (Lipinski definition) is 6. The van der Waals surface area contributed by atoms with Crippen LogP contribution < -0.4 is 0 Å². The highest BCUT2D eigenvalue weighted by molar-refractivity contribution is 7.85. The summed E-state index contributed by atoms with van der Waals surface area (Å²) in [6.07, 6.45) is 13.5. The summed E-state index contributed by atoms with van der Waals surface area (Å²) in [4.78, 5) is 14.6. The molecule has 1 unspecified atom stereocenters. The van der Waals surface area contributed by atoms with Gasteiger partial charge < -0.3 is 10.2 Å². The predicted octanol–water partition coefficient (Wildman–Crippen LogP) is 2.00. The number of ketones is 1. The second kappa shape index (κ2) is 15.5. The standard InChI is InChI=1S/C22H40N2O6S/c1-2-3-4-5-6-7-8-9-10-11-12-13-21(27)22-23(16-17-25)14-15-24(22)18-20(26)19-31(28,29)30/h7-8,20,25-26H,2-6,9-19H2,1H3/p+1/b8-7+. The summed E-state index contributed by atoms with van der Waals surface area (Å²) in [5, 5.41) is 19.2. The lowest BCUT2D eigenvalue weighted by Gasteiger charge is -2.13. The number of amidine groups is 1. The van der Waals surface area contributed by atoms with E-state index in [9.17, 15) is 23.4 Å². The van der Waals surface area contributed by atoms with Gasteiger partial charge in [-0.1, -0.05) is 44.8 Å². The van der Waals surface area contributed by atoms with Crippen molar-refractivity contribution in [2.24, 2.45) is 0 Å². The Balaban J connectivity index is 2.45. The highest BCUT2D eigenvalue weighted by Crippen LogP contribution is 2.11. The normalized spacial score (nSPS) is 15.9. The molecular weight excluding hydrogens is 420 g/mol. The maximum Gasteiger partial charge on any atom is 0.316 e. The molecule has 0 saturated carbocycles. The maximum absolute atomic E-state index is 12.8. The molecule has 0 aliphatic carbocycles. The van der Waals surface area contributed by atoms with Gasteiger partial charge in [-0.15, -0.1) is 0 Å². The first-order chi connectivity index (χ1) is 14.8. The molecule has 8 nitrogen and oxygen atoms in total. The Morgan fingerprint density at radius 3 is 2.35 bits per heavy atom. The van der Waals surface area contributed by atoms with E-state index < -0.39 is 22.0 Å². The van der Waals surface area contributed by atoms with Gasteiger partial charge in [0.1, 0.15) is 38.0 Å². The molecule has 0 aromatic rings. The van der Waals surface area contributed by atoms with Crippen molar-refractivity contribution in [3.63, 3.8) is 0 Å². The number of unbranched alkanes of at least 4 members (excludes halogenated alkanes) is 7. The second-order valence-electron chi connectivity index (χ2n) is 8.23. The van der Waals surface area contributed by atoms with Gasteiger partial charge in [0.05, 0.1) is 6.61 Å². The van der Waals surface area contributed by atoms with Gasteiger partial charge in [-0.05, 0) is 32.1 Å². The van der Waals surface area contributed by atoms with Crippen LogP contribution in [-0.4, -0.2) is 88.9 Å². The third-order valence-electron chi connectivity index (χ3n) is 5.36. The van der Waals surface area contributed by atoms with Crippen molar-refractivity contribution in [3.05, 3.63) is 12.2 Å². The van der Waals surface area contributed by atoms with E-state index in [2.05, 4.69) is 19.1 Å². The fraction of sp³-hybridized carbons (Fsp3) is 0.818. The van der Waals surface area contributed by atoms with E-state index in [0.29, 0.717) is 31.9 Å². The van der Waals surface area contributed by atoms with Crippen molar-refractivity contribution in [2.45, 2.75) is 77.2 Å². The van der Waals surface area contributed by atoms with Gasteiger partial charge in [-0.2, -0.15) is 8.42 Å². The monoisotopic (exact) mass is 461 g/mol. The Bertz CT molecular complexity index is 690. The molecular formula is C22H41N2O6S+. The lowest BCUT2D eigenvalue weighted by Crippen LogP contribution is -2.40. The number of carbonyl (C=O) groups excluding carboxylic acids is 1. The van der Waals surface area contributed by atoms with Gasteiger partial charge in [0, 0.05) is 6.42 Å². The summed E-state index contributed by atoms with van der Waals surface area (Å²) in [7, 11) is -4.29. The first-order valence-electron chi connectivity index (χ1n) is 11.6. The quantitative estimate of drug-likeness (QED) is 0.124. The van der Waals surface area contributed by atoms with Gasteiger partial charge in [0.15, 0.2) is 0 Å². The average molecular weight is 462 g/mol. The average Bonchev–Trinajstić information content (AvgIpc) is 3.06. The smallest absolute Gasteiger partial charge is 0.316 e. The maximum atomic E-state index is 12.8. The minimum Gasteiger partial charge on any atom is -0.392 e. The molecule has 9 heteroatoms. The van der Waals surface area contributed by atoms with E-state index in [0.717, 1.165) is 32.1 Å². The third-order valence-corrected chi connectivity index (χ3v) is 6.16. The minimum atomic E-state index is -4.29. The van der Waals surface area contributed by atoms with E-state index in [1.54, 1.807) is 9.48 Å². The Labute approximate surface area is 187 Å². The molecule has 1 atom stereocenters. The number of nitrogens with zero attached hydrogens (tertiary/aromatic N) is 2. The Morgan fingerprint density at radius 1 is 1.13 bits per heavy atom. The summed E-state index contributed by atoms with van der Waals surface area (Å²) < 4.78 is 32.5. The zero-order valence-corrected chi connectivity index (χ0v) is 19.7. The van der Waals surface area contributed by atoms with Gasteiger partial charge in [-0.3, -0.25) is 18.8 Å². The van der Waals surface area contributed by atoms with E-state index in [1.165, 1.54) is 25.7 Å². The van der Waals surface area contributed by atoms with Crippen LogP contribution in [0.3, 0.4) is 0 Å². The number of carbonyl (C=O) groups is 1. The summed E-state index contributed by atoms with van der Waals surface area (Å²) in [6, 6.07) is 0.